The number of rotatable bonds is 4. The van der Waals surface area contributed by atoms with Crippen LogP contribution in [0.2, 0.25) is 0 Å². The number of imidazole rings is 1. The Labute approximate surface area is 148 Å². The maximum atomic E-state index is 12.3. The molecule has 2 aromatic rings. The predicted molar refractivity (Wildman–Crippen MR) is 91.9 cm³/mol. The smallest absolute Gasteiger partial charge is 0.314 e. The van der Waals surface area contributed by atoms with Gasteiger partial charge < -0.3 is 25.3 Å². The zero-order chi connectivity index (χ0) is 18.4. The molecule has 0 aromatic carbocycles. The van der Waals surface area contributed by atoms with E-state index in [-0.39, 0.29) is 18.8 Å². The number of nitrogens with two attached hydrogens (primary N) is 1. The van der Waals surface area contributed by atoms with E-state index in [0.29, 0.717) is 16.3 Å². The average molecular weight is 367 g/mol. The van der Waals surface area contributed by atoms with E-state index in [9.17, 15) is 15.0 Å². The van der Waals surface area contributed by atoms with Crippen LogP contribution in [0.1, 0.15) is 26.3 Å². The van der Waals surface area contributed by atoms with E-state index in [0.717, 1.165) is 0 Å². The highest BCUT2D eigenvalue weighted by molar-refractivity contribution is 7.98. The van der Waals surface area contributed by atoms with Crippen LogP contribution in [-0.4, -0.2) is 60.8 Å². The van der Waals surface area contributed by atoms with Crippen LogP contribution in [0.4, 0.5) is 5.82 Å². The summed E-state index contributed by atoms with van der Waals surface area (Å²) in [6.07, 6.45) is 1.09. The van der Waals surface area contributed by atoms with Crippen LogP contribution in [0.5, 0.6) is 0 Å². The molecule has 2 aromatic heterocycles. The molecule has 0 unspecified atom stereocenters. The normalized spacial score (nSPS) is 29.2. The summed E-state index contributed by atoms with van der Waals surface area (Å²) in [5, 5.41) is 21.5. The molecule has 9 nitrogen and oxygen atoms in total. The summed E-state index contributed by atoms with van der Waals surface area (Å²) in [6.45, 7) is 3.49. The van der Waals surface area contributed by atoms with Crippen molar-refractivity contribution in [2.45, 2.75) is 43.7 Å². The lowest BCUT2D eigenvalue weighted by molar-refractivity contribution is -0.161. The second-order valence-corrected chi connectivity index (χ2v) is 7.04. The van der Waals surface area contributed by atoms with Gasteiger partial charge >= 0.3 is 5.97 Å². The van der Waals surface area contributed by atoms with E-state index in [2.05, 4.69) is 15.0 Å². The van der Waals surface area contributed by atoms with Crippen molar-refractivity contribution in [2.24, 2.45) is 5.41 Å². The van der Waals surface area contributed by atoms with E-state index in [4.69, 9.17) is 10.5 Å². The van der Waals surface area contributed by atoms with Gasteiger partial charge in [-0.3, -0.25) is 4.79 Å². The molecule has 3 rings (SSSR count). The van der Waals surface area contributed by atoms with Gasteiger partial charge in [-0.2, -0.15) is 0 Å². The number of aliphatic hydroxyl groups is 2. The second-order valence-electron chi connectivity index (χ2n) is 6.26. The van der Waals surface area contributed by atoms with Gasteiger partial charge in [0.1, 0.15) is 11.6 Å². The second kappa shape index (κ2) is 6.43. The molecule has 10 heteroatoms. The molecule has 0 radical (unpaired) electrons. The molecule has 0 saturated heterocycles. The molecule has 1 aliphatic carbocycles. The van der Waals surface area contributed by atoms with Crippen LogP contribution >= 0.6 is 11.8 Å². The fraction of sp³-hybridized carbons (Fsp3) is 0.600. The molecule has 1 saturated carbocycles. The van der Waals surface area contributed by atoms with E-state index in [1.807, 2.05) is 6.26 Å². The molecule has 0 spiro atoms. The number of aromatic nitrogens is 4. The molecule has 0 aliphatic heterocycles. The SMILES string of the molecule is CCOC(=O)[C@@]1(C)C[C@@H](n2cnc3c(N)nc(SC)nc32)[C@H](O)[C@@H]1O. The number of hydrogen-bond acceptors (Lipinski definition) is 9. The largest absolute Gasteiger partial charge is 0.465 e. The van der Waals surface area contributed by atoms with Crippen molar-refractivity contribution in [1.82, 2.24) is 19.5 Å². The summed E-state index contributed by atoms with van der Waals surface area (Å²) in [6, 6.07) is -0.585. The van der Waals surface area contributed by atoms with Gasteiger partial charge in [-0.25, -0.2) is 15.0 Å². The fourth-order valence-corrected chi connectivity index (χ4v) is 3.65. The molecule has 0 amide bonds. The molecule has 2 heterocycles. The highest BCUT2D eigenvalue weighted by atomic mass is 32.2. The van der Waals surface area contributed by atoms with Crippen molar-refractivity contribution in [2.75, 3.05) is 18.6 Å². The number of hydrogen-bond donors (Lipinski definition) is 3. The van der Waals surface area contributed by atoms with Crippen molar-refractivity contribution >= 4 is 34.7 Å². The highest BCUT2D eigenvalue weighted by Gasteiger charge is 2.56. The number of nitrogens with zero attached hydrogens (tertiary/aromatic N) is 4. The van der Waals surface area contributed by atoms with Crippen molar-refractivity contribution in [1.29, 1.82) is 0 Å². The Morgan fingerprint density at radius 3 is 2.88 bits per heavy atom. The summed E-state index contributed by atoms with van der Waals surface area (Å²) in [5.74, 6) is -0.290. The Bertz CT molecular complexity index is 813. The van der Waals surface area contributed by atoms with Crippen molar-refractivity contribution in [3.8, 4) is 0 Å². The van der Waals surface area contributed by atoms with Gasteiger partial charge in [-0.05, 0) is 26.5 Å². The fourth-order valence-electron chi connectivity index (χ4n) is 3.28. The van der Waals surface area contributed by atoms with E-state index in [1.165, 1.54) is 18.1 Å². The lowest BCUT2D eigenvalue weighted by atomic mass is 9.86. The van der Waals surface area contributed by atoms with Crippen LogP contribution in [0.25, 0.3) is 11.2 Å². The topological polar surface area (TPSA) is 136 Å². The summed E-state index contributed by atoms with van der Waals surface area (Å²) in [7, 11) is 0. The number of thioether (sulfide) groups is 1. The lowest BCUT2D eigenvalue weighted by Crippen LogP contribution is -2.41. The summed E-state index contributed by atoms with van der Waals surface area (Å²) >= 11 is 1.34. The van der Waals surface area contributed by atoms with Crippen LogP contribution in [0.15, 0.2) is 11.5 Å². The molecular formula is C15H21N5O4S. The lowest BCUT2D eigenvalue weighted by Gasteiger charge is -2.25. The quantitative estimate of drug-likeness (QED) is 0.397. The van der Waals surface area contributed by atoms with Gasteiger partial charge in [0.25, 0.3) is 0 Å². The first kappa shape index (κ1) is 17.9. The zero-order valence-corrected chi connectivity index (χ0v) is 15.0. The van der Waals surface area contributed by atoms with Gasteiger partial charge in [-0.1, -0.05) is 11.8 Å². The molecule has 136 valence electrons. The predicted octanol–water partition coefficient (Wildman–Crippen LogP) is 0.366. The van der Waals surface area contributed by atoms with Crippen molar-refractivity contribution < 1.29 is 19.7 Å². The minimum absolute atomic E-state index is 0.193. The number of anilines is 1. The summed E-state index contributed by atoms with van der Waals surface area (Å²) in [5.41, 5.74) is 5.59. The molecule has 1 aliphatic rings. The minimum atomic E-state index is -1.26. The molecule has 4 atom stereocenters. The molecule has 0 bridgehead atoms. The Morgan fingerprint density at radius 2 is 2.24 bits per heavy atom. The van der Waals surface area contributed by atoms with Gasteiger partial charge in [0.2, 0.25) is 0 Å². The number of carbonyl (C=O) groups is 1. The Hall–Kier alpha value is -1.91. The van der Waals surface area contributed by atoms with Crippen molar-refractivity contribution in [3.05, 3.63) is 6.33 Å². The Kier molecular flexibility index (Phi) is 4.60. The van der Waals surface area contributed by atoms with E-state index >= 15 is 0 Å². The molecular weight excluding hydrogens is 346 g/mol. The van der Waals surface area contributed by atoms with Crippen LogP contribution in [0.3, 0.4) is 0 Å². The zero-order valence-electron chi connectivity index (χ0n) is 14.2. The Morgan fingerprint density at radius 1 is 1.52 bits per heavy atom. The third kappa shape index (κ3) is 2.74. The number of fused-ring (bicyclic) bond motifs is 1. The number of carbonyl (C=O) groups excluding carboxylic acids is 1. The maximum Gasteiger partial charge on any atom is 0.314 e. The Balaban J connectivity index is 2.04. The van der Waals surface area contributed by atoms with Crippen LogP contribution in [0, 0.1) is 5.41 Å². The van der Waals surface area contributed by atoms with Gasteiger partial charge in [0.15, 0.2) is 16.6 Å². The summed E-state index contributed by atoms with van der Waals surface area (Å²) in [4.78, 5) is 25.1. The van der Waals surface area contributed by atoms with E-state index < -0.39 is 29.6 Å². The maximum absolute atomic E-state index is 12.3. The highest BCUT2D eigenvalue weighted by Crippen LogP contribution is 2.46. The number of aliphatic hydroxyl groups excluding tert-OH is 2. The average Bonchev–Trinajstić information content (AvgIpc) is 3.11. The van der Waals surface area contributed by atoms with Crippen LogP contribution < -0.4 is 5.73 Å². The van der Waals surface area contributed by atoms with E-state index in [1.54, 1.807) is 18.4 Å². The summed E-state index contributed by atoms with van der Waals surface area (Å²) < 4.78 is 6.72. The van der Waals surface area contributed by atoms with Gasteiger partial charge in [0, 0.05) is 0 Å². The molecule has 4 N–H and O–H groups in total. The first-order chi connectivity index (χ1) is 11.8. The monoisotopic (exact) mass is 367 g/mol. The third-order valence-corrected chi connectivity index (χ3v) is 5.26. The third-order valence-electron chi connectivity index (χ3n) is 4.71. The first-order valence-electron chi connectivity index (χ1n) is 7.90. The van der Waals surface area contributed by atoms with Gasteiger partial charge in [0.05, 0.1) is 30.5 Å². The number of ether oxygens (including phenoxy) is 1. The standard InChI is InChI=1S/C15H21N5O4S/c1-4-24-13(23)15(2)5-7(9(21)10(15)22)20-6-17-8-11(16)18-14(25-3)19-12(8)20/h6-7,9-10,21-22H,4-5H2,1-3H3,(H2,16,18,19)/t7-,9+,10+,15+/m1/s1. The number of esters is 1. The number of nitrogen functional groups attached to an aromatic ring is 1. The van der Waals surface area contributed by atoms with Crippen LogP contribution in [-0.2, 0) is 9.53 Å². The van der Waals surface area contributed by atoms with Gasteiger partial charge in [-0.15, -0.1) is 0 Å². The minimum Gasteiger partial charge on any atom is -0.465 e. The molecule has 25 heavy (non-hydrogen) atoms. The molecule has 1 fully saturated rings. The first-order valence-corrected chi connectivity index (χ1v) is 9.13. The van der Waals surface area contributed by atoms with Crippen molar-refractivity contribution in [3.63, 3.8) is 0 Å².